The van der Waals surface area contributed by atoms with E-state index in [0.29, 0.717) is 25.7 Å². The average molecular weight is 905 g/mol. The molecule has 306 valence electrons. The van der Waals surface area contributed by atoms with Crippen molar-refractivity contribution in [1.82, 2.24) is 0 Å². The second kappa shape index (κ2) is 19.6. The smallest absolute Gasteiger partial charge is 1.00 e. The molecular weight excluding hydrogens is 853 g/mol. The summed E-state index contributed by atoms with van der Waals surface area (Å²) in [7, 11) is 0. The molecule has 0 saturated heterocycles. The van der Waals surface area contributed by atoms with Gasteiger partial charge in [-0.25, -0.2) is 6.08 Å². The van der Waals surface area contributed by atoms with E-state index in [2.05, 4.69) is 124 Å². The molecule has 0 aliphatic heterocycles. The molecule has 0 heterocycles. The van der Waals surface area contributed by atoms with Gasteiger partial charge < -0.3 is 24.8 Å². The van der Waals surface area contributed by atoms with Gasteiger partial charge in [0.1, 0.15) is 0 Å². The van der Waals surface area contributed by atoms with Crippen molar-refractivity contribution in [2.45, 2.75) is 112 Å². The first-order chi connectivity index (χ1) is 25.3. The predicted molar refractivity (Wildman–Crippen MR) is 211 cm³/mol. The Morgan fingerprint density at radius 1 is 0.632 bits per heavy atom. The number of alkyl halides is 6. The molecule has 0 aromatic heterocycles. The summed E-state index contributed by atoms with van der Waals surface area (Å²) in [5, 5.41) is 0. The van der Waals surface area contributed by atoms with Crippen LogP contribution in [0.15, 0.2) is 96.6 Å². The molecule has 0 saturated carbocycles. The van der Waals surface area contributed by atoms with E-state index in [1.54, 1.807) is 0 Å². The number of hydrogen-bond donors (Lipinski definition) is 0. The van der Waals surface area contributed by atoms with Crippen molar-refractivity contribution in [2.24, 2.45) is 11.3 Å². The quantitative estimate of drug-likeness (QED) is 0.126. The molecule has 0 spiro atoms. The summed E-state index contributed by atoms with van der Waals surface area (Å²) in [5.41, 5.74) is 10.1. The Bertz CT molecular complexity index is 1900. The van der Waals surface area contributed by atoms with Crippen LogP contribution in [0.5, 0.6) is 0 Å². The minimum atomic E-state index is -4.41. The standard InChI is InChI=1S/C21H25.C15H8F6.C12H19.2ClH.Zr/c1-20(2,3)16-9-7-14-11-15-8-10-17(21(4,5)6)13-19(15)18(14)12-16;16-14(17,18)12-5-1-10(2-6-12)9-11-3-7-13(8-4-11)15(19,20)21;1-5-6-10-7-8-11(9-10)12(2,3)4;;;/h7,9-10,12-13H,11H2,1-6H3;1-8H;8-10H,5-6H2,1-4H3;2*1H;/q-1;;-1;;;+2/p-2. The fourth-order valence-corrected chi connectivity index (χ4v) is 7.08. The van der Waals surface area contributed by atoms with Gasteiger partial charge in [0.05, 0.1) is 0 Å². The topological polar surface area (TPSA) is 0 Å². The number of hydrogen-bond acceptors (Lipinski definition) is 0. The molecule has 0 nitrogen and oxygen atoms in total. The van der Waals surface area contributed by atoms with E-state index in [9.17, 15) is 26.3 Å². The fraction of sp³-hybridized carbons (Fsp3) is 0.396. The summed E-state index contributed by atoms with van der Waals surface area (Å²) >= 11 is 0.898. The van der Waals surface area contributed by atoms with E-state index >= 15 is 0 Å². The summed E-state index contributed by atoms with van der Waals surface area (Å²) in [6.45, 7) is 22.6. The molecule has 4 aromatic carbocycles. The molecule has 1 atom stereocenters. The van der Waals surface area contributed by atoms with Crippen LogP contribution in [0.4, 0.5) is 26.3 Å². The maximum Gasteiger partial charge on any atom is -1.00 e. The van der Waals surface area contributed by atoms with Crippen molar-refractivity contribution in [2.75, 3.05) is 0 Å². The van der Waals surface area contributed by atoms with Crippen molar-refractivity contribution in [1.29, 1.82) is 0 Å². The summed E-state index contributed by atoms with van der Waals surface area (Å²) in [4.78, 5) is 0. The van der Waals surface area contributed by atoms with Gasteiger partial charge in [0.15, 0.2) is 0 Å². The van der Waals surface area contributed by atoms with E-state index in [4.69, 9.17) is 0 Å². The Hall–Kier alpha value is -2.73. The monoisotopic (exact) mass is 902 g/mol. The molecule has 0 N–H and O–H groups in total. The summed E-state index contributed by atoms with van der Waals surface area (Å²) in [6.07, 6.45) is 2.63. The first kappa shape index (κ1) is 50.4. The van der Waals surface area contributed by atoms with E-state index in [-0.39, 0.29) is 35.6 Å². The normalized spacial score (nSPS) is 14.8. The molecule has 4 aromatic rings. The SMILES string of the molecule is CC(C)(C)c1c[c-]c2c(c1)-c1cc(C(C)(C)C)ccc1C2.CCCC1[C-]=CC(C(C)(C)C)=C1.FC(F)(F)c1ccc([C](=[Zr+2])c2ccc(C(F)(F)F)cc2)cc1.[Cl-].[Cl-]. The van der Waals surface area contributed by atoms with Crippen LogP contribution in [0.1, 0.15) is 127 Å². The zero-order valence-corrected chi connectivity index (χ0v) is 38.4. The molecule has 6 rings (SSSR count). The number of halogens is 8. The predicted octanol–water partition coefficient (Wildman–Crippen LogP) is 8.25. The summed E-state index contributed by atoms with van der Waals surface area (Å²) < 4.78 is 75.6. The Balaban J connectivity index is 0.000000302. The molecule has 0 bridgehead atoms. The van der Waals surface area contributed by atoms with Gasteiger partial charge in [-0.05, 0) is 17.4 Å². The Kier molecular flexibility index (Phi) is 17.3. The van der Waals surface area contributed by atoms with Crippen LogP contribution >= 0.6 is 0 Å². The first-order valence-corrected chi connectivity index (χ1v) is 20.0. The van der Waals surface area contributed by atoms with Gasteiger partial charge in [0.2, 0.25) is 0 Å². The first-order valence-electron chi connectivity index (χ1n) is 18.7. The van der Waals surface area contributed by atoms with E-state index in [1.165, 1.54) is 76.1 Å². The average Bonchev–Trinajstić information content (AvgIpc) is 3.72. The third-order valence-electron chi connectivity index (χ3n) is 9.83. The van der Waals surface area contributed by atoms with Crippen LogP contribution in [0.3, 0.4) is 0 Å². The number of rotatable bonds is 4. The van der Waals surface area contributed by atoms with Gasteiger partial charge >= 0.3 is 137 Å². The minimum absolute atomic E-state index is 0. The third-order valence-corrected chi connectivity index (χ3v) is 11.2. The minimum Gasteiger partial charge on any atom is -1.00 e. The van der Waals surface area contributed by atoms with E-state index in [0.717, 1.165) is 54.9 Å². The zero-order chi connectivity index (χ0) is 41.1. The van der Waals surface area contributed by atoms with Crippen molar-refractivity contribution in [3.63, 3.8) is 0 Å². The van der Waals surface area contributed by atoms with Gasteiger partial charge in [0.25, 0.3) is 0 Å². The van der Waals surface area contributed by atoms with E-state index in [1.807, 2.05) is 0 Å². The van der Waals surface area contributed by atoms with Crippen molar-refractivity contribution < 1.29 is 75.4 Å². The second-order valence-electron chi connectivity index (χ2n) is 17.4. The Morgan fingerprint density at radius 2 is 1.09 bits per heavy atom. The number of fused-ring (bicyclic) bond motifs is 3. The van der Waals surface area contributed by atoms with Crippen LogP contribution in [0.2, 0.25) is 0 Å². The third kappa shape index (κ3) is 13.7. The molecule has 0 amide bonds. The zero-order valence-electron chi connectivity index (χ0n) is 34.4. The molecule has 0 radical (unpaired) electrons. The fourth-order valence-electron chi connectivity index (χ4n) is 6.26. The van der Waals surface area contributed by atoms with Gasteiger partial charge in [0, 0.05) is 0 Å². The Morgan fingerprint density at radius 3 is 1.49 bits per heavy atom. The maximum atomic E-state index is 12.5. The maximum absolute atomic E-state index is 12.5. The van der Waals surface area contributed by atoms with Crippen LogP contribution < -0.4 is 24.8 Å². The van der Waals surface area contributed by atoms with Gasteiger partial charge in [-0.2, -0.15) is 41.0 Å². The largest absolute Gasteiger partial charge is 1.00 e. The molecule has 2 aliphatic rings. The molecule has 57 heavy (non-hydrogen) atoms. The van der Waals surface area contributed by atoms with Crippen LogP contribution in [-0.2, 0) is 53.8 Å². The van der Waals surface area contributed by atoms with E-state index < -0.39 is 23.5 Å². The van der Waals surface area contributed by atoms with Crippen LogP contribution in [0, 0.1) is 23.5 Å². The number of allylic oxidation sites excluding steroid dienone is 4. The number of benzene rings is 4. The molecule has 2 aliphatic carbocycles. The van der Waals surface area contributed by atoms with Crippen molar-refractivity contribution >= 4 is 3.21 Å². The second-order valence-corrected chi connectivity index (χ2v) is 18.7. The molecule has 1 unspecified atom stereocenters. The van der Waals surface area contributed by atoms with Crippen molar-refractivity contribution in [3.05, 3.63) is 153 Å². The summed E-state index contributed by atoms with van der Waals surface area (Å²) in [6, 6.07) is 24.2. The molecule has 9 heteroatoms. The van der Waals surface area contributed by atoms with Crippen LogP contribution in [-0.4, -0.2) is 3.21 Å². The Labute approximate surface area is 363 Å². The van der Waals surface area contributed by atoms with Crippen LogP contribution in [0.25, 0.3) is 11.1 Å². The van der Waals surface area contributed by atoms with Gasteiger partial charge in [-0.1, -0.05) is 128 Å². The van der Waals surface area contributed by atoms with Gasteiger partial charge in [-0.15, -0.1) is 5.56 Å². The van der Waals surface area contributed by atoms with Gasteiger partial charge in [-0.3, -0.25) is 6.08 Å². The molecule has 0 fully saturated rings. The summed E-state index contributed by atoms with van der Waals surface area (Å²) in [5.74, 6) is 0.587. The van der Waals surface area contributed by atoms with Crippen molar-refractivity contribution in [3.8, 4) is 11.1 Å². The molecular formula is C48H52Cl2F6Zr-2.